The van der Waals surface area contributed by atoms with Crippen LogP contribution in [0.2, 0.25) is 0 Å². The fourth-order valence-corrected chi connectivity index (χ4v) is 6.06. The topological polar surface area (TPSA) is 77.5 Å². The summed E-state index contributed by atoms with van der Waals surface area (Å²) in [6, 6.07) is 17.7. The van der Waals surface area contributed by atoms with Crippen LogP contribution in [0.4, 0.5) is 0 Å². The van der Waals surface area contributed by atoms with Gasteiger partial charge in [-0.15, -0.1) is 22.7 Å². The number of allylic oxidation sites excluding steroid dienone is 2. The van der Waals surface area contributed by atoms with E-state index in [0.29, 0.717) is 30.1 Å². The average Bonchev–Trinajstić information content (AvgIpc) is 3.61. The first kappa shape index (κ1) is 30.2. The Balaban J connectivity index is 1.55. The van der Waals surface area contributed by atoms with E-state index in [2.05, 4.69) is 12.2 Å². The molecular formula is C33H36N2O4S2. The number of aromatic nitrogens is 1. The zero-order valence-corrected chi connectivity index (χ0v) is 25.6. The lowest BCUT2D eigenvalue weighted by Gasteiger charge is -2.17. The van der Waals surface area contributed by atoms with Crippen LogP contribution in [0.15, 0.2) is 77.2 Å². The van der Waals surface area contributed by atoms with E-state index in [9.17, 15) is 9.59 Å². The minimum Gasteiger partial charge on any atom is -0.494 e. The van der Waals surface area contributed by atoms with Crippen LogP contribution in [0.5, 0.6) is 5.75 Å². The van der Waals surface area contributed by atoms with Gasteiger partial charge in [-0.05, 0) is 86.6 Å². The largest absolute Gasteiger partial charge is 0.494 e. The summed E-state index contributed by atoms with van der Waals surface area (Å²) < 4.78 is 12.0. The second-order valence-corrected chi connectivity index (χ2v) is 11.7. The smallest absolute Gasteiger partial charge is 0.333 e. The fourth-order valence-electron chi connectivity index (χ4n) is 4.26. The molecule has 2 aromatic heterocycles. The summed E-state index contributed by atoms with van der Waals surface area (Å²) in [5, 5.41) is 7.08. The number of unbranched alkanes of at least 4 members (excludes halogenated alkanes) is 1. The first-order valence-corrected chi connectivity index (χ1v) is 15.6. The van der Waals surface area contributed by atoms with E-state index < -0.39 is 0 Å². The molecule has 0 aliphatic heterocycles. The van der Waals surface area contributed by atoms with Gasteiger partial charge in [0.25, 0.3) is 5.91 Å². The Morgan fingerprint density at radius 3 is 2.59 bits per heavy atom. The highest BCUT2D eigenvalue weighted by Gasteiger charge is 2.21. The lowest BCUT2D eigenvalue weighted by Crippen LogP contribution is -2.29. The van der Waals surface area contributed by atoms with Crippen molar-refractivity contribution >= 4 is 50.7 Å². The van der Waals surface area contributed by atoms with Crippen LogP contribution in [0, 0.1) is 0 Å². The molecule has 0 aliphatic rings. The molecule has 1 N–H and O–H groups in total. The molecular weight excluding hydrogens is 553 g/mol. The maximum Gasteiger partial charge on any atom is 0.333 e. The Labute approximate surface area is 249 Å². The van der Waals surface area contributed by atoms with Crippen LogP contribution >= 0.6 is 22.7 Å². The number of carbonyl (C=O) groups is 2. The molecule has 0 bridgehead atoms. The van der Waals surface area contributed by atoms with E-state index >= 15 is 0 Å². The van der Waals surface area contributed by atoms with Crippen LogP contribution < -0.4 is 10.1 Å². The van der Waals surface area contributed by atoms with Crippen molar-refractivity contribution in [1.82, 2.24) is 10.3 Å². The van der Waals surface area contributed by atoms with Crippen LogP contribution in [-0.4, -0.2) is 30.1 Å². The normalized spacial score (nSPS) is 12.8. The van der Waals surface area contributed by atoms with Crippen molar-refractivity contribution in [3.05, 3.63) is 98.3 Å². The monoisotopic (exact) mass is 588 g/mol. The minimum absolute atomic E-state index is 0.118. The molecule has 214 valence electrons. The number of benzene rings is 2. The van der Waals surface area contributed by atoms with Crippen molar-refractivity contribution in [3.8, 4) is 5.75 Å². The number of hydrogen-bond donors (Lipinski definition) is 1. The molecule has 0 saturated carbocycles. The van der Waals surface area contributed by atoms with Gasteiger partial charge in [0, 0.05) is 15.7 Å². The molecule has 0 unspecified atom stereocenters. The van der Waals surface area contributed by atoms with Gasteiger partial charge in [0.2, 0.25) is 0 Å². The molecule has 4 aromatic rings. The van der Waals surface area contributed by atoms with E-state index in [1.54, 1.807) is 19.9 Å². The number of carbonyl (C=O) groups excluding carboxylic acids is 2. The number of ether oxygens (including phenoxy) is 2. The van der Waals surface area contributed by atoms with Gasteiger partial charge >= 0.3 is 5.97 Å². The summed E-state index contributed by atoms with van der Waals surface area (Å²) in [6.45, 7) is 8.63. The molecule has 1 atom stereocenters. The molecule has 8 heteroatoms. The predicted octanol–water partition coefficient (Wildman–Crippen LogP) is 8.16. The number of nitrogens with one attached hydrogen (secondary N) is 1. The Morgan fingerprint density at radius 1 is 1.07 bits per heavy atom. The summed E-state index contributed by atoms with van der Waals surface area (Å²) in [5.74, 6) is 0.397. The molecule has 2 heterocycles. The van der Waals surface area contributed by atoms with E-state index in [1.165, 1.54) is 22.7 Å². The summed E-state index contributed by atoms with van der Waals surface area (Å²) in [5.41, 5.74) is 3.27. The van der Waals surface area contributed by atoms with Gasteiger partial charge in [-0.1, -0.05) is 43.7 Å². The maximum atomic E-state index is 13.4. The van der Waals surface area contributed by atoms with Crippen molar-refractivity contribution in [1.29, 1.82) is 0 Å². The highest BCUT2D eigenvalue weighted by atomic mass is 32.1. The predicted molar refractivity (Wildman–Crippen MR) is 169 cm³/mol. The fraction of sp³-hybridized carbons (Fsp3) is 0.303. The summed E-state index contributed by atoms with van der Waals surface area (Å²) in [4.78, 5) is 30.9. The SMILES string of the molecule is CCCCOc1ccc(C[C@H](NC(=O)c2cc3ccccc3s2)c2nc(/C=C(C)/C=C(/C)C(=O)OCC)cs2)cc1. The zero-order chi connectivity index (χ0) is 29.2. The molecule has 0 radical (unpaired) electrons. The molecule has 1 amide bonds. The van der Waals surface area contributed by atoms with Gasteiger partial charge in [0.15, 0.2) is 0 Å². The van der Waals surface area contributed by atoms with Gasteiger partial charge in [-0.3, -0.25) is 4.79 Å². The van der Waals surface area contributed by atoms with Gasteiger partial charge in [0.05, 0.1) is 29.8 Å². The van der Waals surface area contributed by atoms with Gasteiger partial charge in [-0.25, -0.2) is 9.78 Å². The zero-order valence-electron chi connectivity index (χ0n) is 23.9. The van der Waals surface area contributed by atoms with E-state index in [-0.39, 0.29) is 17.9 Å². The number of thiophene rings is 1. The maximum absolute atomic E-state index is 13.4. The quantitative estimate of drug-likeness (QED) is 0.0738. The lowest BCUT2D eigenvalue weighted by molar-refractivity contribution is -0.138. The van der Waals surface area contributed by atoms with Gasteiger partial charge in [-0.2, -0.15) is 0 Å². The minimum atomic E-state index is -0.329. The number of thiazole rings is 1. The number of amides is 1. The lowest BCUT2D eigenvalue weighted by atomic mass is 10.1. The molecule has 0 aliphatic carbocycles. The number of rotatable bonds is 13. The van der Waals surface area contributed by atoms with E-state index in [4.69, 9.17) is 14.5 Å². The standard InChI is InChI=1S/C33H36N2O4S2/c1-5-7-16-39-27-14-12-24(13-15-27)19-28(35-31(36)30-20-25-10-8-9-11-29(25)41-30)32-34-26(21-40-32)18-22(3)17-23(4)33(37)38-6-2/h8-15,17-18,20-21,28H,5-7,16,19H2,1-4H3,(H,35,36)/b22-18+,23-17-/t28-/m0/s1. The third-order valence-electron chi connectivity index (χ3n) is 6.34. The average molecular weight is 589 g/mol. The van der Waals surface area contributed by atoms with Crippen molar-refractivity contribution in [2.75, 3.05) is 13.2 Å². The number of hydrogen-bond acceptors (Lipinski definition) is 7. The van der Waals surface area contributed by atoms with E-state index in [0.717, 1.165) is 50.5 Å². The number of esters is 1. The Bertz CT molecular complexity index is 1500. The number of fused-ring (bicyclic) bond motifs is 1. The first-order chi connectivity index (χ1) is 19.9. The summed E-state index contributed by atoms with van der Waals surface area (Å²) >= 11 is 2.99. The molecule has 6 nitrogen and oxygen atoms in total. The molecule has 2 aromatic carbocycles. The van der Waals surface area contributed by atoms with Crippen molar-refractivity contribution in [2.24, 2.45) is 0 Å². The van der Waals surface area contributed by atoms with Gasteiger partial charge < -0.3 is 14.8 Å². The van der Waals surface area contributed by atoms with Crippen LogP contribution in [0.25, 0.3) is 16.2 Å². The van der Waals surface area contributed by atoms with Crippen LogP contribution in [0.3, 0.4) is 0 Å². The van der Waals surface area contributed by atoms with Crippen LogP contribution in [-0.2, 0) is 16.0 Å². The first-order valence-electron chi connectivity index (χ1n) is 13.9. The molecule has 4 rings (SSSR count). The van der Waals surface area contributed by atoms with Crippen molar-refractivity contribution < 1.29 is 19.1 Å². The van der Waals surface area contributed by atoms with Crippen molar-refractivity contribution in [3.63, 3.8) is 0 Å². The highest BCUT2D eigenvalue weighted by molar-refractivity contribution is 7.20. The Kier molecular flexibility index (Phi) is 10.9. The van der Waals surface area contributed by atoms with Crippen LogP contribution in [0.1, 0.15) is 72.5 Å². The summed E-state index contributed by atoms with van der Waals surface area (Å²) in [6.07, 6.45) is 6.42. The van der Waals surface area contributed by atoms with Gasteiger partial charge in [0.1, 0.15) is 10.8 Å². The second-order valence-electron chi connectivity index (χ2n) is 9.77. The Morgan fingerprint density at radius 2 is 1.85 bits per heavy atom. The molecule has 41 heavy (non-hydrogen) atoms. The second kappa shape index (κ2) is 14.8. The highest BCUT2D eigenvalue weighted by Crippen LogP contribution is 2.28. The van der Waals surface area contributed by atoms with E-state index in [1.807, 2.05) is 73.0 Å². The molecule has 0 fully saturated rings. The molecule has 0 spiro atoms. The third kappa shape index (κ3) is 8.62. The van der Waals surface area contributed by atoms with Crippen molar-refractivity contribution in [2.45, 2.75) is 53.0 Å². The third-order valence-corrected chi connectivity index (χ3v) is 8.43. The Hall–Kier alpha value is -3.75. The molecule has 0 saturated heterocycles. The summed E-state index contributed by atoms with van der Waals surface area (Å²) in [7, 11) is 0. The number of nitrogens with zero attached hydrogens (tertiary/aromatic N) is 1.